The van der Waals surface area contributed by atoms with E-state index >= 15 is 0 Å². The molecule has 1 aliphatic rings. The van der Waals surface area contributed by atoms with Crippen LogP contribution >= 0.6 is 7.82 Å². The highest BCUT2D eigenvalue weighted by Crippen LogP contribution is 2.45. The van der Waals surface area contributed by atoms with Crippen LogP contribution in [0.1, 0.15) is 101 Å². The summed E-state index contributed by atoms with van der Waals surface area (Å²) in [6, 6.07) is 15.1. The van der Waals surface area contributed by atoms with Crippen LogP contribution in [0.2, 0.25) is 0 Å². The minimum atomic E-state index is -4.42. The second-order valence-electron chi connectivity index (χ2n) is 13.9. The van der Waals surface area contributed by atoms with E-state index < -0.39 is 32.7 Å². The SMILES string of the molecule is CCCCCCCCCCCCC/C=C/[C@@H](O)[C@H](COP(=O)(O)OCC[N+](C)(C)C)NC(=O)OCC1c2ccccc2-c2ccccc21. The lowest BCUT2D eigenvalue weighted by molar-refractivity contribution is -0.870. The van der Waals surface area contributed by atoms with Gasteiger partial charge in [0.1, 0.15) is 19.8 Å². The number of ether oxygens (including phenoxy) is 1. The molecule has 0 saturated heterocycles. The lowest BCUT2D eigenvalue weighted by atomic mass is 9.98. The summed E-state index contributed by atoms with van der Waals surface area (Å²) in [5, 5.41) is 13.7. The molecule has 2 aromatic carbocycles. The molecule has 0 aliphatic heterocycles. The summed E-state index contributed by atoms with van der Waals surface area (Å²) in [5.74, 6) is -0.124. The first-order chi connectivity index (χ1) is 23.0. The number of benzene rings is 2. The Labute approximate surface area is 288 Å². The van der Waals surface area contributed by atoms with Gasteiger partial charge in [0.05, 0.1) is 39.9 Å². The Morgan fingerprint density at radius 1 is 0.875 bits per heavy atom. The Kier molecular flexibility index (Phi) is 17.4. The lowest BCUT2D eigenvalue weighted by Crippen LogP contribution is -2.46. The summed E-state index contributed by atoms with van der Waals surface area (Å²) < 4.78 is 29.2. The van der Waals surface area contributed by atoms with E-state index in [0.29, 0.717) is 11.0 Å². The van der Waals surface area contributed by atoms with E-state index in [9.17, 15) is 19.4 Å². The highest BCUT2D eigenvalue weighted by atomic mass is 31.2. The first-order valence-electron chi connectivity index (χ1n) is 17.9. The molecule has 3 N–H and O–H groups in total. The lowest BCUT2D eigenvalue weighted by Gasteiger charge is -2.25. The molecule has 9 nitrogen and oxygen atoms in total. The smallest absolute Gasteiger partial charge is 0.449 e. The third-order valence-electron chi connectivity index (χ3n) is 8.80. The molecule has 0 aromatic heterocycles. The van der Waals surface area contributed by atoms with Crippen LogP contribution in [0.15, 0.2) is 60.7 Å². The van der Waals surface area contributed by atoms with Crippen molar-refractivity contribution in [1.29, 1.82) is 0 Å². The summed E-state index contributed by atoms with van der Waals surface area (Å²) in [6.07, 6.45) is 16.2. The van der Waals surface area contributed by atoms with Crippen LogP contribution in [0.5, 0.6) is 0 Å². The zero-order valence-electron chi connectivity index (χ0n) is 29.6. The first-order valence-corrected chi connectivity index (χ1v) is 19.4. The summed E-state index contributed by atoms with van der Waals surface area (Å²) in [7, 11) is 1.41. The number of rotatable bonds is 24. The number of fused-ring (bicyclic) bond motifs is 3. The van der Waals surface area contributed by atoms with Crippen LogP contribution in [0.25, 0.3) is 11.1 Å². The molecule has 1 amide bonds. The average Bonchev–Trinajstić information content (AvgIpc) is 3.37. The molecule has 3 rings (SSSR count). The van der Waals surface area contributed by atoms with Gasteiger partial charge >= 0.3 is 13.9 Å². The van der Waals surface area contributed by atoms with Gasteiger partial charge in [-0.05, 0) is 35.1 Å². The molecular weight excluding hydrogens is 627 g/mol. The van der Waals surface area contributed by atoms with Gasteiger partial charge in [0.2, 0.25) is 0 Å². The van der Waals surface area contributed by atoms with Gasteiger partial charge in [-0.15, -0.1) is 0 Å². The number of aliphatic hydroxyl groups excluding tert-OH is 1. The van der Waals surface area contributed by atoms with Crippen molar-refractivity contribution in [3.63, 3.8) is 0 Å². The van der Waals surface area contributed by atoms with Gasteiger partial charge in [-0.25, -0.2) is 9.36 Å². The molecule has 48 heavy (non-hydrogen) atoms. The van der Waals surface area contributed by atoms with Gasteiger partial charge < -0.3 is 24.5 Å². The molecule has 1 aliphatic carbocycles. The summed E-state index contributed by atoms with van der Waals surface area (Å²) >= 11 is 0. The number of nitrogens with zero attached hydrogens (tertiary/aromatic N) is 1. The fraction of sp³-hybridized carbons (Fsp3) is 0.605. The minimum Gasteiger partial charge on any atom is -0.449 e. The zero-order chi connectivity index (χ0) is 34.8. The Morgan fingerprint density at radius 2 is 1.42 bits per heavy atom. The number of hydrogen-bond donors (Lipinski definition) is 3. The number of allylic oxidation sites excluding steroid dienone is 1. The second kappa shape index (κ2) is 20.9. The van der Waals surface area contributed by atoms with Crippen molar-refractivity contribution in [3.8, 4) is 11.1 Å². The van der Waals surface area contributed by atoms with Crippen LogP contribution in [0.3, 0.4) is 0 Å². The molecule has 10 heteroatoms. The van der Waals surface area contributed by atoms with E-state index in [1.807, 2.05) is 63.6 Å². The number of carbonyl (C=O) groups excluding carboxylic acids is 1. The van der Waals surface area contributed by atoms with E-state index in [4.69, 9.17) is 13.8 Å². The Morgan fingerprint density at radius 3 is 1.98 bits per heavy atom. The van der Waals surface area contributed by atoms with E-state index in [1.165, 1.54) is 57.8 Å². The van der Waals surface area contributed by atoms with Crippen molar-refractivity contribution in [2.45, 2.75) is 102 Å². The molecule has 268 valence electrons. The number of phosphoric acid groups is 1. The van der Waals surface area contributed by atoms with Crippen LogP contribution in [-0.4, -0.2) is 80.2 Å². The van der Waals surface area contributed by atoms with Crippen LogP contribution in [-0.2, 0) is 18.3 Å². The summed E-state index contributed by atoms with van der Waals surface area (Å²) in [4.78, 5) is 23.3. The number of likely N-dealkylation sites (N-methyl/N-ethyl adjacent to an activating group) is 1. The van der Waals surface area contributed by atoms with Crippen molar-refractivity contribution in [2.24, 2.45) is 0 Å². The number of quaternary nitrogens is 1. The predicted molar refractivity (Wildman–Crippen MR) is 193 cm³/mol. The van der Waals surface area contributed by atoms with Crippen molar-refractivity contribution in [1.82, 2.24) is 5.32 Å². The van der Waals surface area contributed by atoms with E-state index in [1.54, 1.807) is 6.08 Å². The second-order valence-corrected chi connectivity index (χ2v) is 15.4. The number of hydrogen-bond acceptors (Lipinski definition) is 6. The largest absolute Gasteiger partial charge is 0.472 e. The Hall–Kier alpha value is -2.52. The number of nitrogens with one attached hydrogen (secondary N) is 1. The van der Waals surface area contributed by atoms with Gasteiger partial charge in [0, 0.05) is 5.92 Å². The van der Waals surface area contributed by atoms with Crippen LogP contribution in [0.4, 0.5) is 4.79 Å². The normalized spacial score (nSPS) is 15.5. The number of alkyl carbamates (subject to hydrolysis) is 1. The van der Waals surface area contributed by atoms with Gasteiger partial charge in [0.25, 0.3) is 0 Å². The molecule has 0 heterocycles. The van der Waals surface area contributed by atoms with Crippen molar-refractivity contribution in [2.75, 3.05) is 47.5 Å². The van der Waals surface area contributed by atoms with E-state index in [2.05, 4.69) is 24.4 Å². The van der Waals surface area contributed by atoms with Gasteiger partial charge in [-0.1, -0.05) is 132 Å². The molecule has 0 bridgehead atoms. The quantitative estimate of drug-likeness (QED) is 0.0440. The minimum absolute atomic E-state index is 0.0170. The third-order valence-corrected chi connectivity index (χ3v) is 9.78. The number of aliphatic hydroxyl groups is 1. The van der Waals surface area contributed by atoms with Gasteiger partial charge in [-0.3, -0.25) is 9.05 Å². The van der Waals surface area contributed by atoms with Crippen molar-refractivity contribution >= 4 is 13.9 Å². The molecule has 0 saturated carbocycles. The maximum Gasteiger partial charge on any atom is 0.472 e. The average molecular weight is 688 g/mol. The monoisotopic (exact) mass is 687 g/mol. The Balaban J connectivity index is 1.50. The molecule has 0 spiro atoms. The topological polar surface area (TPSA) is 114 Å². The molecule has 0 radical (unpaired) electrons. The van der Waals surface area contributed by atoms with Crippen molar-refractivity contribution in [3.05, 3.63) is 71.8 Å². The fourth-order valence-corrected chi connectivity index (χ4v) is 6.69. The standard InChI is InChI=1S/C38H59N2O7P/c1-5-6-7-8-9-10-11-12-13-14-15-16-17-26-37(41)36(30-47-48(43,44)46-28-27-40(2,3)4)39-38(42)45-29-35-33-24-20-18-22-31(33)32-23-19-21-25-34(32)35/h17-26,35-37,41H,5-16,27-30H2,1-4H3,(H-,39,42,43,44)/p+1/b26-17+/t36-,37+/m0/s1. The highest BCUT2D eigenvalue weighted by molar-refractivity contribution is 7.47. The molecule has 1 unspecified atom stereocenters. The first kappa shape index (κ1) is 39.9. The third kappa shape index (κ3) is 14.5. The van der Waals surface area contributed by atoms with E-state index in [0.717, 1.165) is 41.5 Å². The van der Waals surface area contributed by atoms with Crippen molar-refractivity contribution < 1.29 is 37.6 Å². The number of amides is 1. The summed E-state index contributed by atoms with van der Waals surface area (Å²) in [6.45, 7) is 2.42. The predicted octanol–water partition coefficient (Wildman–Crippen LogP) is 8.35. The summed E-state index contributed by atoms with van der Waals surface area (Å²) in [5.41, 5.74) is 4.42. The maximum atomic E-state index is 13.0. The maximum absolute atomic E-state index is 13.0. The van der Waals surface area contributed by atoms with Gasteiger partial charge in [0.15, 0.2) is 0 Å². The number of unbranched alkanes of at least 4 members (excludes halogenated alkanes) is 11. The molecule has 3 atom stereocenters. The fourth-order valence-electron chi connectivity index (χ4n) is 5.96. The van der Waals surface area contributed by atoms with E-state index in [-0.39, 0.29) is 19.1 Å². The van der Waals surface area contributed by atoms with Crippen LogP contribution in [0, 0.1) is 0 Å². The van der Waals surface area contributed by atoms with Gasteiger partial charge in [-0.2, -0.15) is 0 Å². The molecule has 0 fully saturated rings. The molecule has 2 aromatic rings. The number of phosphoric ester groups is 1. The highest BCUT2D eigenvalue weighted by Gasteiger charge is 2.31. The molecular formula is C38H60N2O7P+. The Bertz CT molecular complexity index is 1270. The zero-order valence-corrected chi connectivity index (χ0v) is 30.5. The van der Waals surface area contributed by atoms with Crippen LogP contribution < -0.4 is 5.32 Å². The number of carbonyl (C=O) groups is 1.